The quantitative estimate of drug-likeness (QED) is 0.202. The van der Waals surface area contributed by atoms with Crippen LogP contribution in [0.1, 0.15) is 46.5 Å². The van der Waals surface area contributed by atoms with Gasteiger partial charge in [-0.05, 0) is 33.6 Å². The first-order chi connectivity index (χ1) is 15.2. The average molecular weight is 466 g/mol. The maximum Gasteiger partial charge on any atom is 0.407 e. The Morgan fingerprint density at radius 3 is 1.69 bits per heavy atom. The standard InChI is InChI=1S/C21H39NO10/c1-21(2,3)32-20(26)22-8-9-27-10-11-28-12-13-29-14-15-30-16-17-31-19(25)7-5-4-6-18(23)24/h4-17H2,1-3H3,(H,22,26)(H,23,24). The number of hydrogen-bond acceptors (Lipinski definition) is 9. The Morgan fingerprint density at radius 1 is 0.719 bits per heavy atom. The van der Waals surface area contributed by atoms with Gasteiger partial charge in [-0.25, -0.2) is 4.79 Å². The molecule has 0 spiro atoms. The molecule has 0 bridgehead atoms. The second-order valence-electron chi connectivity index (χ2n) is 7.70. The molecule has 0 heterocycles. The van der Waals surface area contributed by atoms with Gasteiger partial charge < -0.3 is 38.8 Å². The monoisotopic (exact) mass is 465 g/mol. The van der Waals surface area contributed by atoms with E-state index < -0.39 is 17.7 Å². The number of carboxylic acid groups (broad SMARTS) is 1. The molecule has 0 aromatic heterocycles. The van der Waals surface area contributed by atoms with Crippen molar-refractivity contribution in [3.8, 4) is 0 Å². The fraction of sp³-hybridized carbons (Fsp3) is 0.857. The number of carbonyl (C=O) groups is 3. The molecule has 0 atom stereocenters. The topological polar surface area (TPSA) is 139 Å². The Kier molecular flexibility index (Phi) is 18.5. The molecule has 0 radical (unpaired) electrons. The molecular formula is C21H39NO10. The lowest BCUT2D eigenvalue weighted by molar-refractivity contribution is -0.146. The van der Waals surface area contributed by atoms with Crippen molar-refractivity contribution in [3.05, 3.63) is 0 Å². The van der Waals surface area contributed by atoms with E-state index in [-0.39, 0.29) is 32.0 Å². The van der Waals surface area contributed by atoms with Gasteiger partial charge >= 0.3 is 18.0 Å². The number of ether oxygens (including phenoxy) is 6. The maximum absolute atomic E-state index is 11.4. The second kappa shape index (κ2) is 19.7. The number of carboxylic acids is 1. The first-order valence-electron chi connectivity index (χ1n) is 10.9. The summed E-state index contributed by atoms with van der Waals surface area (Å²) < 4.78 is 31.4. The summed E-state index contributed by atoms with van der Waals surface area (Å²) in [6, 6.07) is 0. The molecule has 0 aromatic rings. The molecule has 0 aromatic carbocycles. The average Bonchev–Trinajstić information content (AvgIpc) is 2.69. The fourth-order valence-electron chi connectivity index (χ4n) is 2.13. The summed E-state index contributed by atoms with van der Waals surface area (Å²) >= 11 is 0. The zero-order valence-electron chi connectivity index (χ0n) is 19.5. The van der Waals surface area contributed by atoms with Gasteiger partial charge in [0.1, 0.15) is 12.2 Å². The first-order valence-corrected chi connectivity index (χ1v) is 10.9. The van der Waals surface area contributed by atoms with E-state index in [4.69, 9.17) is 33.5 Å². The van der Waals surface area contributed by atoms with Crippen molar-refractivity contribution in [2.24, 2.45) is 0 Å². The van der Waals surface area contributed by atoms with Gasteiger partial charge in [-0.1, -0.05) is 0 Å². The Bertz CT molecular complexity index is 507. The van der Waals surface area contributed by atoms with E-state index in [1.54, 1.807) is 20.8 Å². The van der Waals surface area contributed by atoms with Gasteiger partial charge in [-0.15, -0.1) is 0 Å². The predicted octanol–water partition coefficient (Wildman–Crippen LogP) is 1.77. The van der Waals surface area contributed by atoms with Crippen molar-refractivity contribution in [1.82, 2.24) is 5.32 Å². The van der Waals surface area contributed by atoms with Crippen molar-refractivity contribution in [1.29, 1.82) is 0 Å². The second-order valence-corrected chi connectivity index (χ2v) is 7.70. The van der Waals surface area contributed by atoms with Crippen molar-refractivity contribution < 1.29 is 47.9 Å². The van der Waals surface area contributed by atoms with E-state index in [2.05, 4.69) is 5.32 Å². The molecular weight excluding hydrogens is 426 g/mol. The number of alkyl carbamates (subject to hydrolysis) is 1. The summed E-state index contributed by atoms with van der Waals surface area (Å²) in [5.74, 6) is -1.22. The first kappa shape index (κ1) is 30.0. The third-order valence-corrected chi connectivity index (χ3v) is 3.54. The lowest BCUT2D eigenvalue weighted by atomic mass is 10.2. The molecule has 0 rings (SSSR count). The van der Waals surface area contributed by atoms with Crippen LogP contribution in [-0.2, 0) is 38.0 Å². The highest BCUT2D eigenvalue weighted by Gasteiger charge is 2.15. The third kappa shape index (κ3) is 24.3. The van der Waals surface area contributed by atoms with Crippen molar-refractivity contribution >= 4 is 18.0 Å². The number of nitrogens with one attached hydrogen (secondary N) is 1. The Morgan fingerprint density at radius 2 is 1.19 bits per heavy atom. The Labute approximate surface area is 190 Å². The molecule has 11 heteroatoms. The summed E-state index contributed by atoms with van der Waals surface area (Å²) in [6.45, 7) is 9.05. The van der Waals surface area contributed by atoms with Crippen molar-refractivity contribution in [2.45, 2.75) is 52.1 Å². The van der Waals surface area contributed by atoms with Gasteiger partial charge in [0.25, 0.3) is 0 Å². The van der Waals surface area contributed by atoms with Crippen LogP contribution in [0.15, 0.2) is 0 Å². The Balaban J connectivity index is 3.23. The number of carbonyl (C=O) groups excluding carboxylic acids is 2. The molecule has 188 valence electrons. The minimum atomic E-state index is -0.865. The van der Waals surface area contributed by atoms with Crippen LogP contribution in [0.25, 0.3) is 0 Å². The normalized spacial score (nSPS) is 11.2. The summed E-state index contributed by atoms with van der Waals surface area (Å²) in [7, 11) is 0. The Hall–Kier alpha value is -1.95. The van der Waals surface area contributed by atoms with Crippen LogP contribution in [0.5, 0.6) is 0 Å². The molecule has 0 fully saturated rings. The van der Waals surface area contributed by atoms with Crippen LogP contribution in [0, 0.1) is 0 Å². The molecule has 1 amide bonds. The largest absolute Gasteiger partial charge is 0.481 e. The zero-order chi connectivity index (χ0) is 24.1. The van der Waals surface area contributed by atoms with Crippen LogP contribution in [-0.4, -0.2) is 94.7 Å². The SMILES string of the molecule is CC(C)(C)OC(=O)NCCOCCOCCOCCOCCOC(=O)CCCCC(=O)O. The molecule has 11 nitrogen and oxygen atoms in total. The number of hydrogen-bond donors (Lipinski definition) is 2. The van der Waals surface area contributed by atoms with Gasteiger partial charge in [-0.2, -0.15) is 0 Å². The number of aliphatic carboxylic acids is 1. The molecule has 0 aliphatic rings. The molecule has 32 heavy (non-hydrogen) atoms. The molecule has 0 aliphatic carbocycles. The van der Waals surface area contributed by atoms with Crippen LogP contribution >= 0.6 is 0 Å². The maximum atomic E-state index is 11.4. The molecule has 0 saturated carbocycles. The highest BCUT2D eigenvalue weighted by molar-refractivity contribution is 5.69. The van der Waals surface area contributed by atoms with Gasteiger partial charge in [0.15, 0.2) is 0 Å². The summed E-state index contributed by atoms with van der Waals surface area (Å²) in [6.07, 6.45) is 0.764. The highest BCUT2D eigenvalue weighted by Crippen LogP contribution is 2.06. The minimum absolute atomic E-state index is 0.0598. The summed E-state index contributed by atoms with van der Waals surface area (Å²) in [4.78, 5) is 33.2. The number of unbranched alkanes of at least 4 members (excludes halogenated alkanes) is 1. The van der Waals surface area contributed by atoms with E-state index in [0.717, 1.165) is 0 Å². The van der Waals surface area contributed by atoms with E-state index in [0.29, 0.717) is 65.6 Å². The van der Waals surface area contributed by atoms with Crippen LogP contribution in [0.3, 0.4) is 0 Å². The number of rotatable bonds is 20. The van der Waals surface area contributed by atoms with E-state index in [1.165, 1.54) is 0 Å². The smallest absolute Gasteiger partial charge is 0.407 e. The third-order valence-electron chi connectivity index (χ3n) is 3.54. The molecule has 0 unspecified atom stereocenters. The van der Waals surface area contributed by atoms with E-state index in [1.807, 2.05) is 0 Å². The van der Waals surface area contributed by atoms with Crippen molar-refractivity contribution in [2.75, 3.05) is 66.0 Å². The van der Waals surface area contributed by atoms with Gasteiger partial charge in [0.05, 0.1) is 52.9 Å². The van der Waals surface area contributed by atoms with E-state index >= 15 is 0 Å². The number of esters is 1. The van der Waals surface area contributed by atoms with Crippen LogP contribution in [0.2, 0.25) is 0 Å². The van der Waals surface area contributed by atoms with Crippen LogP contribution in [0.4, 0.5) is 4.79 Å². The van der Waals surface area contributed by atoms with Crippen molar-refractivity contribution in [3.63, 3.8) is 0 Å². The zero-order valence-corrected chi connectivity index (χ0v) is 19.5. The summed E-state index contributed by atoms with van der Waals surface area (Å²) in [5, 5.41) is 11.1. The number of amides is 1. The summed E-state index contributed by atoms with van der Waals surface area (Å²) in [5.41, 5.74) is -0.520. The fourth-order valence-corrected chi connectivity index (χ4v) is 2.13. The van der Waals surface area contributed by atoms with Gasteiger partial charge in [-0.3, -0.25) is 9.59 Å². The van der Waals surface area contributed by atoms with Gasteiger partial charge in [0, 0.05) is 19.4 Å². The minimum Gasteiger partial charge on any atom is -0.481 e. The highest BCUT2D eigenvalue weighted by atomic mass is 16.6. The molecule has 0 saturated heterocycles. The molecule has 0 aliphatic heterocycles. The molecule has 2 N–H and O–H groups in total. The van der Waals surface area contributed by atoms with Crippen LogP contribution < -0.4 is 5.32 Å². The predicted molar refractivity (Wildman–Crippen MR) is 115 cm³/mol. The lowest BCUT2D eigenvalue weighted by Crippen LogP contribution is -2.34. The van der Waals surface area contributed by atoms with Gasteiger partial charge in [0.2, 0.25) is 0 Å². The lowest BCUT2D eigenvalue weighted by Gasteiger charge is -2.19. The van der Waals surface area contributed by atoms with E-state index in [9.17, 15) is 14.4 Å².